The second-order valence-electron chi connectivity index (χ2n) is 5.12. The summed E-state index contributed by atoms with van der Waals surface area (Å²) in [6.07, 6.45) is 13.9. The fourth-order valence-corrected chi connectivity index (χ4v) is 2.06. The van der Waals surface area contributed by atoms with Gasteiger partial charge in [-0.1, -0.05) is 65.2 Å². The van der Waals surface area contributed by atoms with Crippen molar-refractivity contribution in [2.45, 2.75) is 91.0 Å². The molecule has 1 N–H and O–H groups in total. The van der Waals surface area contributed by atoms with E-state index in [4.69, 9.17) is 0 Å². The molecule has 0 saturated heterocycles. The molecule has 0 aliphatic heterocycles. The van der Waals surface area contributed by atoms with Gasteiger partial charge in [-0.15, -0.1) is 0 Å². The van der Waals surface area contributed by atoms with E-state index in [-0.39, 0.29) is 0 Å². The SMILES string of the molecule is CCCCCCCC(C)NCCCCCC. The molecule has 1 unspecified atom stereocenters. The summed E-state index contributed by atoms with van der Waals surface area (Å²) in [7, 11) is 0. The van der Waals surface area contributed by atoms with Gasteiger partial charge in [-0.2, -0.15) is 0 Å². The Kier molecular flexibility index (Phi) is 13.0. The van der Waals surface area contributed by atoms with Gasteiger partial charge in [-0.05, 0) is 26.3 Å². The Morgan fingerprint density at radius 3 is 1.94 bits per heavy atom. The highest BCUT2D eigenvalue weighted by atomic mass is 14.9. The van der Waals surface area contributed by atoms with Gasteiger partial charge in [0.2, 0.25) is 0 Å². The quantitative estimate of drug-likeness (QED) is 0.467. The lowest BCUT2D eigenvalue weighted by Gasteiger charge is -2.13. The maximum Gasteiger partial charge on any atom is 0.00387 e. The molecule has 0 amide bonds. The molecule has 1 heteroatoms. The van der Waals surface area contributed by atoms with Gasteiger partial charge >= 0.3 is 0 Å². The van der Waals surface area contributed by atoms with Gasteiger partial charge in [0.05, 0.1) is 0 Å². The zero-order chi connectivity index (χ0) is 12.1. The zero-order valence-electron chi connectivity index (χ0n) is 11.9. The number of rotatable bonds is 12. The number of unbranched alkanes of at least 4 members (excludes halogenated alkanes) is 7. The Morgan fingerprint density at radius 1 is 0.750 bits per heavy atom. The van der Waals surface area contributed by atoms with Crippen LogP contribution < -0.4 is 5.32 Å². The van der Waals surface area contributed by atoms with Crippen molar-refractivity contribution in [3.63, 3.8) is 0 Å². The van der Waals surface area contributed by atoms with Gasteiger partial charge in [0.15, 0.2) is 0 Å². The molecule has 0 aliphatic rings. The Bertz CT molecular complexity index is 109. The van der Waals surface area contributed by atoms with Gasteiger partial charge in [0, 0.05) is 6.04 Å². The van der Waals surface area contributed by atoms with E-state index in [1.807, 2.05) is 0 Å². The molecule has 0 aromatic carbocycles. The first-order chi connectivity index (χ1) is 7.81. The van der Waals surface area contributed by atoms with Crippen LogP contribution in [-0.4, -0.2) is 12.6 Å². The van der Waals surface area contributed by atoms with E-state index >= 15 is 0 Å². The molecule has 0 bridgehead atoms. The Morgan fingerprint density at radius 2 is 1.31 bits per heavy atom. The van der Waals surface area contributed by atoms with Crippen molar-refractivity contribution >= 4 is 0 Å². The summed E-state index contributed by atoms with van der Waals surface area (Å²) < 4.78 is 0. The van der Waals surface area contributed by atoms with E-state index in [1.165, 1.54) is 70.8 Å². The molecular formula is C15H33N. The standard InChI is InChI=1S/C15H33N/c1-4-6-8-10-11-13-15(3)16-14-12-9-7-5-2/h15-16H,4-14H2,1-3H3. The summed E-state index contributed by atoms with van der Waals surface area (Å²) in [6, 6.07) is 0.725. The van der Waals surface area contributed by atoms with Crippen molar-refractivity contribution in [3.8, 4) is 0 Å². The van der Waals surface area contributed by atoms with E-state index in [0.29, 0.717) is 0 Å². The first-order valence-electron chi connectivity index (χ1n) is 7.54. The molecule has 16 heavy (non-hydrogen) atoms. The molecule has 0 spiro atoms. The molecule has 0 aromatic heterocycles. The van der Waals surface area contributed by atoms with Crippen LogP contribution in [0.2, 0.25) is 0 Å². The Labute approximate surface area is 103 Å². The van der Waals surface area contributed by atoms with Crippen molar-refractivity contribution in [1.82, 2.24) is 5.32 Å². The van der Waals surface area contributed by atoms with Crippen molar-refractivity contribution in [2.75, 3.05) is 6.54 Å². The van der Waals surface area contributed by atoms with Crippen LogP contribution in [0.15, 0.2) is 0 Å². The van der Waals surface area contributed by atoms with E-state index in [9.17, 15) is 0 Å². The van der Waals surface area contributed by atoms with Crippen LogP contribution in [0.25, 0.3) is 0 Å². The molecule has 1 nitrogen and oxygen atoms in total. The van der Waals surface area contributed by atoms with Crippen LogP contribution in [0.4, 0.5) is 0 Å². The van der Waals surface area contributed by atoms with Gasteiger partial charge < -0.3 is 5.32 Å². The topological polar surface area (TPSA) is 12.0 Å². The summed E-state index contributed by atoms with van der Waals surface area (Å²) >= 11 is 0. The van der Waals surface area contributed by atoms with Crippen LogP contribution in [0, 0.1) is 0 Å². The van der Waals surface area contributed by atoms with Crippen LogP contribution in [0.1, 0.15) is 85.0 Å². The summed E-state index contributed by atoms with van der Waals surface area (Å²) in [5.74, 6) is 0. The van der Waals surface area contributed by atoms with Crippen LogP contribution in [0.5, 0.6) is 0 Å². The number of hydrogen-bond acceptors (Lipinski definition) is 1. The van der Waals surface area contributed by atoms with E-state index in [2.05, 4.69) is 26.1 Å². The summed E-state index contributed by atoms with van der Waals surface area (Å²) in [5.41, 5.74) is 0. The minimum absolute atomic E-state index is 0.725. The molecular weight excluding hydrogens is 194 g/mol. The molecule has 0 saturated carbocycles. The van der Waals surface area contributed by atoms with Gasteiger partial charge in [-0.3, -0.25) is 0 Å². The second kappa shape index (κ2) is 13.0. The summed E-state index contributed by atoms with van der Waals surface area (Å²) in [6.45, 7) is 8.10. The third kappa shape index (κ3) is 12.0. The lowest BCUT2D eigenvalue weighted by molar-refractivity contribution is 0.469. The average molecular weight is 227 g/mol. The highest BCUT2D eigenvalue weighted by molar-refractivity contribution is 4.60. The molecule has 0 aromatic rings. The maximum absolute atomic E-state index is 3.63. The summed E-state index contributed by atoms with van der Waals surface area (Å²) in [4.78, 5) is 0. The Hall–Kier alpha value is -0.0400. The van der Waals surface area contributed by atoms with Gasteiger partial charge in [0.25, 0.3) is 0 Å². The largest absolute Gasteiger partial charge is 0.314 e. The predicted octanol–water partition coefficient (Wildman–Crippen LogP) is 4.91. The molecule has 1 atom stereocenters. The highest BCUT2D eigenvalue weighted by Gasteiger charge is 2.00. The molecule has 0 rings (SSSR count). The average Bonchev–Trinajstić information content (AvgIpc) is 2.28. The van der Waals surface area contributed by atoms with Crippen molar-refractivity contribution in [2.24, 2.45) is 0 Å². The van der Waals surface area contributed by atoms with Crippen molar-refractivity contribution in [1.29, 1.82) is 0 Å². The zero-order valence-corrected chi connectivity index (χ0v) is 11.9. The minimum atomic E-state index is 0.725. The normalized spacial score (nSPS) is 12.9. The monoisotopic (exact) mass is 227 g/mol. The molecule has 0 heterocycles. The van der Waals surface area contributed by atoms with Crippen molar-refractivity contribution in [3.05, 3.63) is 0 Å². The van der Waals surface area contributed by atoms with E-state index < -0.39 is 0 Å². The third-order valence-electron chi connectivity index (χ3n) is 3.26. The molecule has 0 radical (unpaired) electrons. The lowest BCUT2D eigenvalue weighted by Crippen LogP contribution is -2.26. The fourth-order valence-electron chi connectivity index (χ4n) is 2.06. The second-order valence-corrected chi connectivity index (χ2v) is 5.12. The summed E-state index contributed by atoms with van der Waals surface area (Å²) in [5, 5.41) is 3.63. The highest BCUT2D eigenvalue weighted by Crippen LogP contribution is 2.07. The van der Waals surface area contributed by atoms with Crippen molar-refractivity contribution < 1.29 is 0 Å². The number of nitrogens with one attached hydrogen (secondary N) is 1. The van der Waals surface area contributed by atoms with Crippen LogP contribution in [-0.2, 0) is 0 Å². The molecule has 98 valence electrons. The molecule has 0 aliphatic carbocycles. The first kappa shape index (κ1) is 16.0. The lowest BCUT2D eigenvalue weighted by atomic mass is 10.1. The van der Waals surface area contributed by atoms with E-state index in [1.54, 1.807) is 0 Å². The third-order valence-corrected chi connectivity index (χ3v) is 3.26. The van der Waals surface area contributed by atoms with Crippen LogP contribution >= 0.6 is 0 Å². The maximum atomic E-state index is 3.63. The van der Waals surface area contributed by atoms with Gasteiger partial charge in [-0.25, -0.2) is 0 Å². The minimum Gasteiger partial charge on any atom is -0.314 e. The first-order valence-corrected chi connectivity index (χ1v) is 7.54. The van der Waals surface area contributed by atoms with Gasteiger partial charge in [0.1, 0.15) is 0 Å². The van der Waals surface area contributed by atoms with Crippen LogP contribution in [0.3, 0.4) is 0 Å². The number of hydrogen-bond donors (Lipinski definition) is 1. The Balaban J connectivity index is 3.09. The predicted molar refractivity (Wildman–Crippen MR) is 75.0 cm³/mol. The fraction of sp³-hybridized carbons (Fsp3) is 1.00. The van der Waals surface area contributed by atoms with E-state index in [0.717, 1.165) is 6.04 Å². The smallest absolute Gasteiger partial charge is 0.00387 e. The molecule has 0 fully saturated rings.